The van der Waals surface area contributed by atoms with Crippen molar-refractivity contribution in [1.29, 1.82) is 0 Å². The summed E-state index contributed by atoms with van der Waals surface area (Å²) in [6, 6.07) is 3.94. The minimum absolute atomic E-state index is 0.175. The molecule has 0 unspecified atom stereocenters. The van der Waals surface area contributed by atoms with Crippen LogP contribution in [0.2, 0.25) is 0 Å². The van der Waals surface area contributed by atoms with Crippen LogP contribution in [-0.4, -0.2) is 19.0 Å². The van der Waals surface area contributed by atoms with Gasteiger partial charge in [-0.15, -0.1) is 22.7 Å². The third-order valence-electron chi connectivity index (χ3n) is 2.92. The third kappa shape index (κ3) is 3.80. The maximum atomic E-state index is 11.3. The van der Waals surface area contributed by atoms with Crippen LogP contribution < -0.4 is 5.73 Å². The fourth-order valence-electron chi connectivity index (χ4n) is 1.89. The molecule has 2 N–H and O–H groups in total. The second-order valence-corrected chi connectivity index (χ2v) is 6.37. The highest BCUT2D eigenvalue weighted by Gasteiger charge is 2.13. The van der Waals surface area contributed by atoms with E-state index in [1.165, 1.54) is 29.8 Å². The molecule has 0 aliphatic carbocycles. The van der Waals surface area contributed by atoms with Crippen LogP contribution >= 0.6 is 22.7 Å². The molecule has 2 aromatic rings. The van der Waals surface area contributed by atoms with E-state index in [2.05, 4.69) is 11.3 Å². The molecular formula is C15H15NO3S2. The van der Waals surface area contributed by atoms with E-state index in [0.29, 0.717) is 0 Å². The van der Waals surface area contributed by atoms with Crippen LogP contribution in [0.15, 0.2) is 29.5 Å². The topological polar surface area (TPSA) is 69.4 Å². The number of carbonyl (C=O) groups is 2. The number of primary amides is 1. The Morgan fingerprint density at radius 3 is 2.81 bits per heavy atom. The van der Waals surface area contributed by atoms with Gasteiger partial charge in [0.05, 0.1) is 20.0 Å². The van der Waals surface area contributed by atoms with Crippen molar-refractivity contribution in [2.75, 3.05) is 7.11 Å². The number of carbonyl (C=O) groups excluding carboxylic acids is 2. The Hall–Kier alpha value is -1.92. The standard InChI is InChI=1S/C15H15NO3S2/c1-9(5-15(18)19-2)12-6-10(8-21-12)11-3-4-20-13(11)7-14(16)17/h3-4,6,8H,1,5,7H2,2H3,(H2,16,17). The van der Waals surface area contributed by atoms with Crippen molar-refractivity contribution < 1.29 is 14.3 Å². The normalized spacial score (nSPS) is 10.3. The Morgan fingerprint density at radius 1 is 1.38 bits per heavy atom. The number of ether oxygens (including phenoxy) is 1. The maximum Gasteiger partial charge on any atom is 0.310 e. The summed E-state index contributed by atoms with van der Waals surface area (Å²) in [6.07, 6.45) is 0.412. The van der Waals surface area contributed by atoms with Crippen LogP contribution in [0.5, 0.6) is 0 Å². The Kier molecular flexibility index (Phi) is 4.93. The first-order valence-corrected chi connectivity index (χ1v) is 7.95. The van der Waals surface area contributed by atoms with Crippen LogP contribution in [-0.2, 0) is 20.7 Å². The van der Waals surface area contributed by atoms with E-state index in [9.17, 15) is 9.59 Å². The predicted molar refractivity (Wildman–Crippen MR) is 86.2 cm³/mol. The summed E-state index contributed by atoms with van der Waals surface area (Å²) in [5, 5.41) is 3.93. The molecule has 0 fully saturated rings. The highest BCUT2D eigenvalue weighted by Crippen LogP contribution is 2.34. The zero-order valence-electron chi connectivity index (χ0n) is 11.5. The monoisotopic (exact) mass is 321 g/mol. The van der Waals surface area contributed by atoms with E-state index in [-0.39, 0.29) is 24.7 Å². The molecule has 0 radical (unpaired) electrons. The molecule has 21 heavy (non-hydrogen) atoms. The second-order valence-electron chi connectivity index (χ2n) is 4.46. The molecule has 0 atom stereocenters. The number of thiophene rings is 2. The quantitative estimate of drug-likeness (QED) is 0.831. The molecule has 2 aromatic heterocycles. The molecule has 0 aliphatic rings. The van der Waals surface area contributed by atoms with Gasteiger partial charge >= 0.3 is 5.97 Å². The van der Waals surface area contributed by atoms with Crippen LogP contribution in [0.4, 0.5) is 0 Å². The van der Waals surface area contributed by atoms with E-state index < -0.39 is 0 Å². The largest absolute Gasteiger partial charge is 0.469 e. The summed E-state index contributed by atoms with van der Waals surface area (Å²) in [4.78, 5) is 24.2. The molecule has 110 valence electrons. The molecular weight excluding hydrogens is 306 g/mol. The first kappa shape index (κ1) is 15.5. The van der Waals surface area contributed by atoms with Crippen molar-refractivity contribution in [3.63, 3.8) is 0 Å². The summed E-state index contributed by atoms with van der Waals surface area (Å²) >= 11 is 3.03. The number of hydrogen-bond acceptors (Lipinski definition) is 5. The Morgan fingerprint density at radius 2 is 2.14 bits per heavy atom. The summed E-state index contributed by atoms with van der Waals surface area (Å²) in [5.74, 6) is -0.649. The van der Waals surface area contributed by atoms with E-state index in [0.717, 1.165) is 26.5 Å². The van der Waals surface area contributed by atoms with Crippen LogP contribution in [0, 0.1) is 0 Å². The first-order valence-electron chi connectivity index (χ1n) is 6.19. The van der Waals surface area contributed by atoms with Gasteiger partial charge in [0.25, 0.3) is 0 Å². The Balaban J connectivity index is 2.20. The van der Waals surface area contributed by atoms with E-state index in [4.69, 9.17) is 5.73 Å². The molecule has 0 bridgehead atoms. The van der Waals surface area contributed by atoms with Crippen LogP contribution in [0.25, 0.3) is 16.7 Å². The van der Waals surface area contributed by atoms with E-state index in [1.54, 1.807) is 0 Å². The predicted octanol–water partition coefficient (Wildman–Crippen LogP) is 3.08. The molecule has 6 heteroatoms. The van der Waals surface area contributed by atoms with Crippen molar-refractivity contribution in [3.8, 4) is 11.1 Å². The minimum Gasteiger partial charge on any atom is -0.469 e. The summed E-state index contributed by atoms with van der Waals surface area (Å²) in [6.45, 7) is 3.92. The molecule has 2 heterocycles. The molecule has 0 aliphatic heterocycles. The number of amides is 1. The van der Waals surface area contributed by atoms with Gasteiger partial charge in [0, 0.05) is 9.75 Å². The van der Waals surface area contributed by atoms with Gasteiger partial charge in [-0.3, -0.25) is 9.59 Å². The van der Waals surface area contributed by atoms with Crippen LogP contribution in [0.3, 0.4) is 0 Å². The van der Waals surface area contributed by atoms with Gasteiger partial charge < -0.3 is 10.5 Å². The van der Waals surface area contributed by atoms with Crippen molar-refractivity contribution in [2.45, 2.75) is 12.8 Å². The summed E-state index contributed by atoms with van der Waals surface area (Å²) < 4.78 is 4.64. The molecule has 4 nitrogen and oxygen atoms in total. The van der Waals surface area contributed by atoms with Crippen molar-refractivity contribution in [1.82, 2.24) is 0 Å². The lowest BCUT2D eigenvalue weighted by Gasteiger charge is -2.01. The second kappa shape index (κ2) is 6.69. The number of hydrogen-bond donors (Lipinski definition) is 1. The average molecular weight is 321 g/mol. The third-order valence-corrected chi connectivity index (χ3v) is 4.88. The van der Waals surface area contributed by atoms with Crippen molar-refractivity contribution in [2.24, 2.45) is 5.73 Å². The van der Waals surface area contributed by atoms with E-state index >= 15 is 0 Å². The average Bonchev–Trinajstić information content (AvgIpc) is 3.06. The maximum absolute atomic E-state index is 11.3. The highest BCUT2D eigenvalue weighted by molar-refractivity contribution is 7.12. The zero-order valence-corrected chi connectivity index (χ0v) is 13.2. The lowest BCUT2D eigenvalue weighted by Crippen LogP contribution is -2.13. The Labute approximate surface area is 130 Å². The molecule has 2 rings (SSSR count). The summed E-state index contributed by atoms with van der Waals surface area (Å²) in [5.41, 5.74) is 8.00. The van der Waals surface area contributed by atoms with Gasteiger partial charge in [0.15, 0.2) is 0 Å². The lowest BCUT2D eigenvalue weighted by molar-refractivity contribution is -0.139. The zero-order chi connectivity index (χ0) is 15.4. The van der Waals surface area contributed by atoms with Gasteiger partial charge in [0.1, 0.15) is 0 Å². The van der Waals surface area contributed by atoms with Gasteiger partial charge in [-0.25, -0.2) is 0 Å². The fraction of sp³-hybridized carbons (Fsp3) is 0.200. The highest BCUT2D eigenvalue weighted by atomic mass is 32.1. The van der Waals surface area contributed by atoms with Crippen molar-refractivity contribution >= 4 is 40.1 Å². The molecule has 0 aromatic carbocycles. The van der Waals surface area contributed by atoms with Gasteiger partial charge in [0.2, 0.25) is 5.91 Å². The first-order chi connectivity index (χ1) is 10.0. The van der Waals surface area contributed by atoms with Gasteiger partial charge in [-0.1, -0.05) is 6.58 Å². The lowest BCUT2D eigenvalue weighted by atomic mass is 10.1. The van der Waals surface area contributed by atoms with Gasteiger partial charge in [-0.05, 0) is 39.6 Å². The Bertz CT molecular complexity index is 685. The molecule has 0 saturated carbocycles. The van der Waals surface area contributed by atoms with Gasteiger partial charge in [-0.2, -0.15) is 0 Å². The van der Waals surface area contributed by atoms with Crippen molar-refractivity contribution in [3.05, 3.63) is 39.2 Å². The molecule has 0 spiro atoms. The summed E-state index contributed by atoms with van der Waals surface area (Å²) in [7, 11) is 1.36. The van der Waals surface area contributed by atoms with E-state index in [1.807, 2.05) is 22.9 Å². The molecule has 1 amide bonds. The number of rotatable bonds is 6. The SMILES string of the molecule is C=C(CC(=O)OC)c1cc(-c2ccsc2CC(N)=O)cs1. The number of nitrogens with two attached hydrogens (primary N) is 1. The van der Waals surface area contributed by atoms with Crippen LogP contribution in [0.1, 0.15) is 16.2 Å². The molecule has 0 saturated heterocycles. The number of methoxy groups -OCH3 is 1. The number of esters is 1. The smallest absolute Gasteiger partial charge is 0.310 e. The minimum atomic E-state index is -0.343. The fourth-order valence-corrected chi connectivity index (χ4v) is 3.68.